The number of rotatable bonds is 6. The second-order valence-corrected chi connectivity index (χ2v) is 5.07. The van der Waals surface area contributed by atoms with E-state index in [1.54, 1.807) is 12.1 Å². The number of nitrogens with one attached hydrogen (secondary N) is 1. The molecule has 0 aliphatic heterocycles. The van der Waals surface area contributed by atoms with Crippen molar-refractivity contribution in [3.63, 3.8) is 0 Å². The van der Waals surface area contributed by atoms with Gasteiger partial charge in [-0.1, -0.05) is 12.2 Å². The van der Waals surface area contributed by atoms with Crippen molar-refractivity contribution in [1.82, 2.24) is 15.2 Å². The quantitative estimate of drug-likeness (QED) is 0.754. The average Bonchev–Trinajstić information content (AvgIpc) is 2.38. The summed E-state index contributed by atoms with van der Waals surface area (Å²) in [5, 5.41) is 2.83. The van der Waals surface area contributed by atoms with Crippen LogP contribution in [0.4, 0.5) is 0 Å². The van der Waals surface area contributed by atoms with E-state index in [0.29, 0.717) is 23.8 Å². The molecule has 1 aromatic rings. The van der Waals surface area contributed by atoms with Crippen LogP contribution in [0.1, 0.15) is 29.9 Å². The number of pyridine rings is 1. The Morgan fingerprint density at radius 3 is 2.68 bits per heavy atom. The number of thiocarbonyl (C=S) groups is 1. The minimum absolute atomic E-state index is 0.188. The smallest absolute Gasteiger partial charge is 0.269 e. The third-order valence-corrected chi connectivity index (χ3v) is 3.15. The molecule has 0 radical (unpaired) electrons. The van der Waals surface area contributed by atoms with Gasteiger partial charge in [0.15, 0.2) is 0 Å². The van der Waals surface area contributed by atoms with E-state index in [1.807, 2.05) is 7.05 Å². The van der Waals surface area contributed by atoms with Gasteiger partial charge in [-0.2, -0.15) is 0 Å². The first-order valence-electron chi connectivity index (χ1n) is 6.16. The van der Waals surface area contributed by atoms with Crippen LogP contribution in [0.15, 0.2) is 18.3 Å². The van der Waals surface area contributed by atoms with E-state index in [-0.39, 0.29) is 10.9 Å². The van der Waals surface area contributed by atoms with Gasteiger partial charge < -0.3 is 16.0 Å². The molecule has 5 nitrogen and oxygen atoms in total. The van der Waals surface area contributed by atoms with E-state index in [2.05, 4.69) is 29.0 Å². The van der Waals surface area contributed by atoms with Crippen molar-refractivity contribution in [2.24, 2.45) is 5.73 Å². The van der Waals surface area contributed by atoms with Gasteiger partial charge in [-0.05, 0) is 33.0 Å². The number of aromatic nitrogens is 1. The summed E-state index contributed by atoms with van der Waals surface area (Å²) in [4.78, 5) is 18.3. The highest BCUT2D eigenvalue weighted by molar-refractivity contribution is 7.80. The monoisotopic (exact) mass is 280 g/mol. The topological polar surface area (TPSA) is 71.2 Å². The number of hydrogen-bond acceptors (Lipinski definition) is 4. The van der Waals surface area contributed by atoms with Crippen LogP contribution in [0.2, 0.25) is 0 Å². The minimum Gasteiger partial charge on any atom is -0.389 e. The highest BCUT2D eigenvalue weighted by atomic mass is 32.1. The molecule has 0 unspecified atom stereocenters. The molecule has 0 atom stereocenters. The molecule has 0 aromatic carbocycles. The molecule has 104 valence electrons. The summed E-state index contributed by atoms with van der Waals surface area (Å²) in [5.74, 6) is -0.188. The van der Waals surface area contributed by atoms with Crippen LogP contribution in [0.25, 0.3) is 0 Å². The summed E-state index contributed by atoms with van der Waals surface area (Å²) in [6.07, 6.45) is 1.51. The summed E-state index contributed by atoms with van der Waals surface area (Å²) in [7, 11) is 2.02. The van der Waals surface area contributed by atoms with Crippen molar-refractivity contribution < 1.29 is 4.79 Å². The molecule has 6 heteroatoms. The molecule has 1 amide bonds. The van der Waals surface area contributed by atoms with Gasteiger partial charge in [0.25, 0.3) is 5.91 Å². The molecule has 1 rings (SSSR count). The molecule has 1 heterocycles. The van der Waals surface area contributed by atoms with Gasteiger partial charge in [-0.15, -0.1) is 0 Å². The van der Waals surface area contributed by atoms with E-state index in [1.165, 1.54) is 6.20 Å². The second kappa shape index (κ2) is 7.16. The first-order valence-corrected chi connectivity index (χ1v) is 6.57. The Morgan fingerprint density at radius 2 is 2.21 bits per heavy atom. The van der Waals surface area contributed by atoms with E-state index in [4.69, 9.17) is 18.0 Å². The Hall–Kier alpha value is -1.53. The fraction of sp³-hybridized carbons (Fsp3) is 0.462. The van der Waals surface area contributed by atoms with Gasteiger partial charge in [0.2, 0.25) is 0 Å². The summed E-state index contributed by atoms with van der Waals surface area (Å²) in [5.41, 5.74) is 6.49. The maximum Gasteiger partial charge on any atom is 0.269 e. The van der Waals surface area contributed by atoms with Crippen molar-refractivity contribution in [2.45, 2.75) is 19.9 Å². The predicted molar refractivity (Wildman–Crippen MR) is 80.2 cm³/mol. The summed E-state index contributed by atoms with van der Waals surface area (Å²) < 4.78 is 0. The molecule has 0 aliphatic carbocycles. The van der Waals surface area contributed by atoms with Crippen molar-refractivity contribution >= 4 is 23.1 Å². The number of likely N-dealkylation sites (N-methyl/N-ethyl adjacent to an activating group) is 1. The zero-order chi connectivity index (χ0) is 14.4. The number of nitrogens with two attached hydrogens (primary N) is 1. The Kier molecular flexibility index (Phi) is 5.85. The van der Waals surface area contributed by atoms with Crippen LogP contribution in [0.5, 0.6) is 0 Å². The maximum absolute atomic E-state index is 11.8. The van der Waals surface area contributed by atoms with Crippen LogP contribution in [0.3, 0.4) is 0 Å². The third-order valence-electron chi connectivity index (χ3n) is 2.91. The fourth-order valence-corrected chi connectivity index (χ4v) is 1.49. The molecule has 0 spiro atoms. The van der Waals surface area contributed by atoms with Crippen LogP contribution in [0, 0.1) is 0 Å². The lowest BCUT2D eigenvalue weighted by atomic mass is 10.2. The number of hydrogen-bond donors (Lipinski definition) is 2. The van der Waals surface area contributed by atoms with Crippen LogP contribution in [-0.2, 0) is 0 Å². The van der Waals surface area contributed by atoms with Crippen molar-refractivity contribution in [2.75, 3.05) is 20.1 Å². The highest BCUT2D eigenvalue weighted by Crippen LogP contribution is 2.00. The molecule has 0 saturated carbocycles. The normalized spacial score (nSPS) is 10.8. The lowest BCUT2D eigenvalue weighted by Gasteiger charge is -2.20. The van der Waals surface area contributed by atoms with Crippen LogP contribution < -0.4 is 11.1 Å². The number of carbonyl (C=O) groups is 1. The summed E-state index contributed by atoms with van der Waals surface area (Å²) >= 11 is 4.83. The predicted octanol–water partition coefficient (Wildman–Crippen LogP) is 0.786. The van der Waals surface area contributed by atoms with Gasteiger partial charge in [0.05, 0.1) is 0 Å². The standard InChI is InChI=1S/C13H20N4OS/c1-9(2)17(3)7-6-15-13(18)11-5-4-10(8-16-11)12(14)19/h4-5,8-9H,6-7H2,1-3H3,(H2,14,19)(H,15,18). The number of nitrogens with zero attached hydrogens (tertiary/aromatic N) is 2. The summed E-state index contributed by atoms with van der Waals surface area (Å²) in [6, 6.07) is 3.78. The van der Waals surface area contributed by atoms with E-state index in [9.17, 15) is 4.79 Å². The largest absolute Gasteiger partial charge is 0.389 e. The zero-order valence-corrected chi connectivity index (χ0v) is 12.3. The first kappa shape index (κ1) is 15.5. The van der Waals surface area contributed by atoms with Gasteiger partial charge >= 0.3 is 0 Å². The fourth-order valence-electron chi connectivity index (χ4n) is 1.37. The SMILES string of the molecule is CC(C)N(C)CCNC(=O)c1ccc(C(N)=S)cn1. The number of amides is 1. The van der Waals surface area contributed by atoms with E-state index in [0.717, 1.165) is 6.54 Å². The van der Waals surface area contributed by atoms with E-state index >= 15 is 0 Å². The molecule has 0 fully saturated rings. The third kappa shape index (κ3) is 4.92. The molecule has 0 bridgehead atoms. The highest BCUT2D eigenvalue weighted by Gasteiger charge is 2.08. The molecule has 3 N–H and O–H groups in total. The minimum atomic E-state index is -0.188. The molecular weight excluding hydrogens is 260 g/mol. The maximum atomic E-state index is 11.8. The Morgan fingerprint density at radius 1 is 1.53 bits per heavy atom. The molecular formula is C13H20N4OS. The first-order chi connectivity index (χ1) is 8.91. The van der Waals surface area contributed by atoms with Gasteiger partial charge in [-0.3, -0.25) is 9.78 Å². The molecule has 1 aromatic heterocycles. The van der Waals surface area contributed by atoms with Crippen molar-refractivity contribution in [3.05, 3.63) is 29.6 Å². The lowest BCUT2D eigenvalue weighted by molar-refractivity contribution is 0.0943. The zero-order valence-electron chi connectivity index (χ0n) is 11.5. The Labute approximate surface area is 119 Å². The van der Waals surface area contributed by atoms with Crippen molar-refractivity contribution in [3.8, 4) is 0 Å². The van der Waals surface area contributed by atoms with Gasteiger partial charge in [0, 0.05) is 30.9 Å². The molecule has 0 saturated heterocycles. The Bertz CT molecular complexity index is 444. The molecule has 0 aliphatic rings. The molecule has 19 heavy (non-hydrogen) atoms. The Balaban J connectivity index is 2.48. The average molecular weight is 280 g/mol. The van der Waals surface area contributed by atoms with Crippen molar-refractivity contribution in [1.29, 1.82) is 0 Å². The van der Waals surface area contributed by atoms with Gasteiger partial charge in [-0.25, -0.2) is 0 Å². The van der Waals surface area contributed by atoms with Gasteiger partial charge in [0.1, 0.15) is 10.7 Å². The van der Waals surface area contributed by atoms with Crippen LogP contribution >= 0.6 is 12.2 Å². The van der Waals surface area contributed by atoms with E-state index < -0.39 is 0 Å². The summed E-state index contributed by atoms with van der Waals surface area (Å²) in [6.45, 7) is 5.61. The van der Waals surface area contributed by atoms with Crippen LogP contribution in [-0.4, -0.2) is 47.0 Å². The lowest BCUT2D eigenvalue weighted by Crippen LogP contribution is -2.36. The number of carbonyl (C=O) groups excluding carboxylic acids is 1. The second-order valence-electron chi connectivity index (χ2n) is 4.63.